The van der Waals surface area contributed by atoms with Gasteiger partial charge in [-0.15, -0.1) is 0 Å². The monoisotopic (exact) mass is 255 g/mol. The largest absolute Gasteiger partial charge is 0.457 e. The fraction of sp³-hybridized carbons (Fsp3) is 0.0667. The van der Waals surface area contributed by atoms with E-state index < -0.39 is 0 Å². The lowest BCUT2D eigenvalue weighted by atomic mass is 10.2. The Bertz CT molecular complexity index is 549. The summed E-state index contributed by atoms with van der Waals surface area (Å²) in [6.07, 6.45) is 0.586. The number of ether oxygens (including phenoxy) is 1. The minimum atomic E-state index is -0.387. The molecule has 0 fully saturated rings. The van der Waals surface area contributed by atoms with Gasteiger partial charge in [0.1, 0.15) is 6.61 Å². The zero-order chi connectivity index (χ0) is 13.5. The summed E-state index contributed by atoms with van der Waals surface area (Å²) >= 11 is 0. The molecular weight excluding hydrogens is 242 g/mol. The van der Waals surface area contributed by atoms with E-state index in [0.717, 1.165) is 5.56 Å². The number of amides is 1. The summed E-state index contributed by atoms with van der Waals surface area (Å²) in [6.45, 7) is 0.244. The second kappa shape index (κ2) is 6.35. The second-order valence-corrected chi connectivity index (χ2v) is 3.90. The molecule has 0 aliphatic carbocycles. The van der Waals surface area contributed by atoms with Crippen LogP contribution in [0.3, 0.4) is 0 Å². The van der Waals surface area contributed by atoms with E-state index in [-0.39, 0.29) is 12.6 Å². The van der Waals surface area contributed by atoms with Gasteiger partial charge in [0.05, 0.1) is 5.56 Å². The Balaban J connectivity index is 1.94. The van der Waals surface area contributed by atoms with E-state index in [4.69, 9.17) is 4.74 Å². The molecule has 0 atom stereocenters. The van der Waals surface area contributed by atoms with Crippen LogP contribution in [0.25, 0.3) is 0 Å². The van der Waals surface area contributed by atoms with Crippen molar-refractivity contribution in [2.45, 2.75) is 6.61 Å². The molecule has 1 amide bonds. The van der Waals surface area contributed by atoms with Gasteiger partial charge in [0.15, 0.2) is 0 Å². The molecule has 4 nitrogen and oxygen atoms in total. The third-order valence-electron chi connectivity index (χ3n) is 2.56. The van der Waals surface area contributed by atoms with Crippen LogP contribution in [0.5, 0.6) is 0 Å². The average molecular weight is 255 g/mol. The predicted octanol–water partition coefficient (Wildman–Crippen LogP) is 2.61. The van der Waals surface area contributed by atoms with Crippen LogP contribution in [0, 0.1) is 0 Å². The second-order valence-electron chi connectivity index (χ2n) is 3.90. The molecule has 2 rings (SSSR count). The molecule has 0 saturated heterocycles. The number of benzene rings is 2. The van der Waals surface area contributed by atoms with Crippen LogP contribution in [-0.4, -0.2) is 12.4 Å². The van der Waals surface area contributed by atoms with Crippen LogP contribution in [-0.2, 0) is 16.1 Å². The van der Waals surface area contributed by atoms with Crippen LogP contribution in [0.1, 0.15) is 15.9 Å². The van der Waals surface area contributed by atoms with E-state index in [1.165, 1.54) is 0 Å². The maximum atomic E-state index is 11.8. The molecule has 0 spiro atoms. The molecule has 0 unspecified atom stereocenters. The molecule has 19 heavy (non-hydrogen) atoms. The van der Waals surface area contributed by atoms with Crippen molar-refractivity contribution in [2.24, 2.45) is 0 Å². The SMILES string of the molecule is O=CNc1ccc(C(=O)OCc2ccccc2)cc1. The Morgan fingerprint density at radius 2 is 1.74 bits per heavy atom. The van der Waals surface area contributed by atoms with E-state index in [1.807, 2.05) is 30.3 Å². The van der Waals surface area contributed by atoms with Crippen LogP contribution >= 0.6 is 0 Å². The van der Waals surface area contributed by atoms with E-state index >= 15 is 0 Å². The van der Waals surface area contributed by atoms with Gasteiger partial charge >= 0.3 is 5.97 Å². The van der Waals surface area contributed by atoms with Crippen molar-refractivity contribution in [1.82, 2.24) is 0 Å². The Morgan fingerprint density at radius 3 is 2.37 bits per heavy atom. The molecule has 0 aromatic heterocycles. The number of hydrogen-bond acceptors (Lipinski definition) is 3. The zero-order valence-corrected chi connectivity index (χ0v) is 10.2. The highest BCUT2D eigenvalue weighted by atomic mass is 16.5. The number of hydrogen-bond donors (Lipinski definition) is 1. The predicted molar refractivity (Wildman–Crippen MR) is 71.7 cm³/mol. The quantitative estimate of drug-likeness (QED) is 0.660. The molecule has 0 heterocycles. The van der Waals surface area contributed by atoms with Crippen LogP contribution in [0.15, 0.2) is 54.6 Å². The molecule has 96 valence electrons. The number of anilines is 1. The first-order valence-electron chi connectivity index (χ1n) is 5.81. The molecular formula is C15H13NO3. The van der Waals surface area contributed by atoms with E-state index in [1.54, 1.807) is 24.3 Å². The van der Waals surface area contributed by atoms with E-state index in [2.05, 4.69) is 5.32 Å². The van der Waals surface area contributed by atoms with Gasteiger partial charge in [0.25, 0.3) is 0 Å². The first-order chi connectivity index (χ1) is 9.29. The highest BCUT2D eigenvalue weighted by Gasteiger charge is 2.06. The number of carbonyl (C=O) groups is 2. The number of esters is 1. The van der Waals surface area contributed by atoms with Gasteiger partial charge in [-0.25, -0.2) is 4.79 Å². The molecule has 0 bridgehead atoms. The Labute approximate surface area is 111 Å². The van der Waals surface area contributed by atoms with Crippen molar-refractivity contribution in [3.63, 3.8) is 0 Å². The summed E-state index contributed by atoms with van der Waals surface area (Å²) in [5, 5.41) is 2.50. The minimum Gasteiger partial charge on any atom is -0.457 e. The molecule has 2 aromatic rings. The summed E-state index contributed by atoms with van der Waals surface area (Å²) in [6, 6.07) is 16.0. The maximum absolute atomic E-state index is 11.8. The standard InChI is InChI=1S/C15H13NO3/c17-11-16-14-8-6-13(7-9-14)15(18)19-10-12-4-2-1-3-5-12/h1-9,11H,10H2,(H,16,17). The number of rotatable bonds is 5. The highest BCUT2D eigenvalue weighted by molar-refractivity contribution is 5.90. The van der Waals surface area contributed by atoms with Crippen LogP contribution < -0.4 is 5.32 Å². The lowest BCUT2D eigenvalue weighted by molar-refractivity contribution is -0.105. The van der Waals surface area contributed by atoms with Crippen molar-refractivity contribution < 1.29 is 14.3 Å². The minimum absolute atomic E-state index is 0.244. The van der Waals surface area contributed by atoms with Crippen molar-refractivity contribution in [2.75, 3.05) is 5.32 Å². The normalized spacial score (nSPS) is 9.68. The first-order valence-corrected chi connectivity index (χ1v) is 5.81. The van der Waals surface area contributed by atoms with Crippen molar-refractivity contribution in [1.29, 1.82) is 0 Å². The first kappa shape index (κ1) is 12.8. The average Bonchev–Trinajstić information content (AvgIpc) is 2.47. The lowest BCUT2D eigenvalue weighted by Gasteiger charge is -2.05. The fourth-order valence-corrected chi connectivity index (χ4v) is 1.58. The topological polar surface area (TPSA) is 55.4 Å². The van der Waals surface area contributed by atoms with Gasteiger partial charge < -0.3 is 10.1 Å². The van der Waals surface area contributed by atoms with E-state index in [0.29, 0.717) is 17.7 Å². The molecule has 1 N–H and O–H groups in total. The third kappa shape index (κ3) is 3.67. The van der Waals surface area contributed by atoms with Gasteiger partial charge in [-0.05, 0) is 29.8 Å². The van der Waals surface area contributed by atoms with Gasteiger partial charge in [-0.2, -0.15) is 0 Å². The Morgan fingerprint density at radius 1 is 1.05 bits per heavy atom. The highest BCUT2D eigenvalue weighted by Crippen LogP contribution is 2.11. The molecule has 0 aliphatic heterocycles. The molecule has 2 aromatic carbocycles. The van der Waals surface area contributed by atoms with Crippen molar-refractivity contribution in [3.8, 4) is 0 Å². The number of nitrogens with one attached hydrogen (secondary N) is 1. The maximum Gasteiger partial charge on any atom is 0.338 e. The lowest BCUT2D eigenvalue weighted by Crippen LogP contribution is -2.05. The number of carbonyl (C=O) groups excluding carboxylic acids is 2. The van der Waals surface area contributed by atoms with Crippen LogP contribution in [0.2, 0.25) is 0 Å². The fourth-order valence-electron chi connectivity index (χ4n) is 1.58. The van der Waals surface area contributed by atoms with Gasteiger partial charge in [0.2, 0.25) is 6.41 Å². The molecule has 0 aliphatic rings. The Kier molecular flexibility index (Phi) is 4.29. The van der Waals surface area contributed by atoms with E-state index in [9.17, 15) is 9.59 Å². The molecule has 0 radical (unpaired) electrons. The van der Waals surface area contributed by atoms with Crippen molar-refractivity contribution in [3.05, 3.63) is 65.7 Å². The summed E-state index contributed by atoms with van der Waals surface area (Å²) in [7, 11) is 0. The smallest absolute Gasteiger partial charge is 0.338 e. The van der Waals surface area contributed by atoms with Gasteiger partial charge in [-0.1, -0.05) is 30.3 Å². The zero-order valence-electron chi connectivity index (χ0n) is 10.2. The summed E-state index contributed by atoms with van der Waals surface area (Å²) in [5.74, 6) is -0.387. The third-order valence-corrected chi connectivity index (χ3v) is 2.56. The summed E-state index contributed by atoms with van der Waals surface area (Å²) in [5.41, 5.74) is 2.03. The molecule has 0 saturated carbocycles. The Hall–Kier alpha value is -2.62. The molecule has 4 heteroatoms. The summed E-state index contributed by atoms with van der Waals surface area (Å²) < 4.78 is 5.19. The van der Waals surface area contributed by atoms with Crippen LogP contribution in [0.4, 0.5) is 5.69 Å². The van der Waals surface area contributed by atoms with Crippen molar-refractivity contribution >= 4 is 18.1 Å². The van der Waals surface area contributed by atoms with Gasteiger partial charge in [0, 0.05) is 5.69 Å². The van der Waals surface area contributed by atoms with Gasteiger partial charge in [-0.3, -0.25) is 4.79 Å². The summed E-state index contributed by atoms with van der Waals surface area (Å²) in [4.78, 5) is 22.0.